The van der Waals surface area contributed by atoms with E-state index in [-0.39, 0.29) is 23.1 Å². The topological polar surface area (TPSA) is 68.8 Å². The smallest absolute Gasteiger partial charge is 0.257 e. The predicted molar refractivity (Wildman–Crippen MR) is 120 cm³/mol. The van der Waals surface area contributed by atoms with Crippen molar-refractivity contribution in [1.82, 2.24) is 29.7 Å². The van der Waals surface area contributed by atoms with Gasteiger partial charge in [-0.15, -0.1) is 0 Å². The van der Waals surface area contributed by atoms with E-state index in [2.05, 4.69) is 15.3 Å². The van der Waals surface area contributed by atoms with E-state index in [4.69, 9.17) is 0 Å². The SMILES string of the molecule is Cn1nc2c(c1-c1cc(F)c(F)c(F)c1)C[C@@H]1CCC[C@H]2N1C(=O)c1cc(F)ccc1-n1nccn1. The van der Waals surface area contributed by atoms with E-state index in [1.165, 1.54) is 40.1 Å². The van der Waals surface area contributed by atoms with Crippen molar-refractivity contribution in [3.05, 3.63) is 82.8 Å². The number of halogens is 4. The zero-order valence-electron chi connectivity index (χ0n) is 19.1. The van der Waals surface area contributed by atoms with Gasteiger partial charge in [-0.2, -0.15) is 20.1 Å². The fraction of sp³-hybridized carbons (Fsp3) is 0.280. The Labute approximate surface area is 202 Å². The number of fused-ring (bicyclic) bond motifs is 4. The van der Waals surface area contributed by atoms with Gasteiger partial charge in [0.2, 0.25) is 0 Å². The molecule has 0 aliphatic carbocycles. The summed E-state index contributed by atoms with van der Waals surface area (Å²) in [5.74, 6) is -5.01. The number of rotatable bonds is 3. The molecule has 0 spiro atoms. The molecule has 2 atom stereocenters. The summed E-state index contributed by atoms with van der Waals surface area (Å²) < 4.78 is 57.4. The third kappa shape index (κ3) is 3.41. The number of benzene rings is 2. The number of hydrogen-bond acceptors (Lipinski definition) is 4. The number of aromatic nitrogens is 5. The van der Waals surface area contributed by atoms with Crippen LogP contribution in [0.3, 0.4) is 0 Å². The van der Waals surface area contributed by atoms with Gasteiger partial charge in [0.25, 0.3) is 5.91 Å². The summed E-state index contributed by atoms with van der Waals surface area (Å²) in [5, 5.41) is 12.8. The molecule has 4 heterocycles. The van der Waals surface area contributed by atoms with Crippen LogP contribution < -0.4 is 0 Å². The Morgan fingerprint density at radius 1 is 1.00 bits per heavy atom. The highest BCUT2D eigenvalue weighted by Crippen LogP contribution is 2.45. The maximum Gasteiger partial charge on any atom is 0.257 e. The molecule has 11 heteroatoms. The monoisotopic (exact) mass is 496 g/mol. The lowest BCUT2D eigenvalue weighted by atomic mass is 9.81. The zero-order valence-corrected chi connectivity index (χ0v) is 19.1. The number of amides is 1. The van der Waals surface area contributed by atoms with Crippen LogP contribution in [-0.4, -0.2) is 41.6 Å². The summed E-state index contributed by atoms with van der Waals surface area (Å²) in [6.45, 7) is 0. The lowest BCUT2D eigenvalue weighted by Gasteiger charge is -2.45. The fourth-order valence-corrected chi connectivity index (χ4v) is 5.54. The van der Waals surface area contributed by atoms with Crippen molar-refractivity contribution >= 4 is 5.91 Å². The van der Waals surface area contributed by atoms with E-state index in [1.54, 1.807) is 11.9 Å². The third-order valence-corrected chi connectivity index (χ3v) is 6.99. The molecule has 2 aliphatic rings. The maximum atomic E-state index is 14.3. The van der Waals surface area contributed by atoms with Crippen LogP contribution in [0.15, 0.2) is 42.7 Å². The van der Waals surface area contributed by atoms with E-state index in [1.807, 2.05) is 0 Å². The summed E-state index contributed by atoms with van der Waals surface area (Å²) in [5.41, 5.74) is 2.54. The number of aryl methyl sites for hydroxylation is 1. The van der Waals surface area contributed by atoms with Gasteiger partial charge in [0.1, 0.15) is 5.82 Å². The van der Waals surface area contributed by atoms with Gasteiger partial charge in [0.05, 0.1) is 41.1 Å². The average Bonchev–Trinajstić information content (AvgIpc) is 3.49. The van der Waals surface area contributed by atoms with Gasteiger partial charge in [-0.25, -0.2) is 17.6 Å². The molecule has 1 fully saturated rings. The van der Waals surface area contributed by atoms with E-state index >= 15 is 0 Å². The van der Waals surface area contributed by atoms with Crippen LogP contribution in [0.2, 0.25) is 0 Å². The number of piperidine rings is 1. The van der Waals surface area contributed by atoms with Crippen molar-refractivity contribution in [2.45, 2.75) is 37.8 Å². The number of carbonyl (C=O) groups is 1. The van der Waals surface area contributed by atoms with Crippen molar-refractivity contribution in [2.24, 2.45) is 7.05 Å². The molecule has 36 heavy (non-hydrogen) atoms. The molecule has 0 unspecified atom stereocenters. The first-order chi connectivity index (χ1) is 17.3. The molecule has 2 aromatic heterocycles. The first kappa shape index (κ1) is 22.4. The van der Waals surface area contributed by atoms with Crippen LogP contribution in [0.25, 0.3) is 16.9 Å². The summed E-state index contributed by atoms with van der Waals surface area (Å²) in [7, 11) is 1.65. The highest BCUT2D eigenvalue weighted by Gasteiger charge is 2.44. The number of hydrogen-bond donors (Lipinski definition) is 0. The Balaban J connectivity index is 1.45. The van der Waals surface area contributed by atoms with Crippen molar-refractivity contribution < 1.29 is 22.4 Å². The molecular formula is C25H20F4N6O. The molecule has 2 aromatic carbocycles. The molecule has 0 N–H and O–H groups in total. The normalized spacial score (nSPS) is 18.9. The summed E-state index contributed by atoms with van der Waals surface area (Å²) in [6.07, 6.45) is 5.52. The average molecular weight is 496 g/mol. The molecule has 6 rings (SSSR count). The van der Waals surface area contributed by atoms with Crippen LogP contribution in [0.5, 0.6) is 0 Å². The van der Waals surface area contributed by atoms with Gasteiger partial charge in [0, 0.05) is 24.2 Å². The number of nitrogens with zero attached hydrogens (tertiary/aromatic N) is 6. The Kier molecular flexibility index (Phi) is 5.16. The van der Waals surface area contributed by atoms with Crippen LogP contribution in [0.4, 0.5) is 17.6 Å². The van der Waals surface area contributed by atoms with Crippen LogP contribution in [0.1, 0.15) is 46.9 Å². The molecule has 184 valence electrons. The first-order valence-electron chi connectivity index (χ1n) is 11.5. The Morgan fingerprint density at radius 2 is 1.72 bits per heavy atom. The molecule has 7 nitrogen and oxygen atoms in total. The van der Waals surface area contributed by atoms with Crippen molar-refractivity contribution in [3.8, 4) is 16.9 Å². The van der Waals surface area contributed by atoms with E-state index in [0.29, 0.717) is 36.3 Å². The van der Waals surface area contributed by atoms with E-state index < -0.39 is 29.3 Å². The highest BCUT2D eigenvalue weighted by molar-refractivity contribution is 5.98. The first-order valence-corrected chi connectivity index (χ1v) is 11.5. The molecule has 0 saturated carbocycles. The summed E-state index contributed by atoms with van der Waals surface area (Å²) in [4.78, 5) is 16.9. The molecule has 1 amide bonds. The largest absolute Gasteiger partial charge is 0.327 e. The lowest BCUT2D eigenvalue weighted by molar-refractivity contribution is 0.0391. The van der Waals surface area contributed by atoms with Crippen LogP contribution >= 0.6 is 0 Å². The Morgan fingerprint density at radius 3 is 2.44 bits per heavy atom. The van der Waals surface area contributed by atoms with Gasteiger partial charge in [-0.3, -0.25) is 9.48 Å². The van der Waals surface area contributed by atoms with Gasteiger partial charge < -0.3 is 4.90 Å². The maximum absolute atomic E-state index is 14.3. The highest BCUT2D eigenvalue weighted by atomic mass is 19.2. The Hall–Kier alpha value is -4.02. The second kappa shape index (κ2) is 8.28. The standard InChI is InChI=1S/C25H20F4N6O/c1-33-24(13-9-18(27)22(29)19(28)10-13)17-12-15-3-2-4-21(23(17)32-33)34(15)25(36)16-11-14(26)5-6-20(16)35-30-7-8-31-35/h5-11,15,21H,2-4,12H2,1H3/t15-,21+/m0/s1. The van der Waals surface area contributed by atoms with Crippen LogP contribution in [0, 0.1) is 23.3 Å². The van der Waals surface area contributed by atoms with Gasteiger partial charge in [0.15, 0.2) is 17.5 Å². The van der Waals surface area contributed by atoms with Crippen LogP contribution in [-0.2, 0) is 13.5 Å². The van der Waals surface area contributed by atoms with Crippen molar-refractivity contribution in [3.63, 3.8) is 0 Å². The van der Waals surface area contributed by atoms with Crippen molar-refractivity contribution in [1.29, 1.82) is 0 Å². The number of carbonyl (C=O) groups excluding carboxylic acids is 1. The molecular weight excluding hydrogens is 476 g/mol. The minimum absolute atomic E-state index is 0.130. The zero-order chi connectivity index (χ0) is 25.1. The quantitative estimate of drug-likeness (QED) is 0.309. The minimum atomic E-state index is -1.53. The molecule has 0 radical (unpaired) electrons. The molecule has 2 aliphatic heterocycles. The molecule has 4 aromatic rings. The minimum Gasteiger partial charge on any atom is -0.327 e. The Bertz CT molecular complexity index is 1480. The molecule has 1 saturated heterocycles. The van der Waals surface area contributed by atoms with E-state index in [0.717, 1.165) is 24.1 Å². The van der Waals surface area contributed by atoms with Gasteiger partial charge in [-0.05, 0) is 56.0 Å². The lowest BCUT2D eigenvalue weighted by Crippen LogP contribution is -2.50. The third-order valence-electron chi connectivity index (χ3n) is 6.99. The van der Waals surface area contributed by atoms with Gasteiger partial charge >= 0.3 is 0 Å². The van der Waals surface area contributed by atoms with Crippen molar-refractivity contribution in [2.75, 3.05) is 0 Å². The summed E-state index contributed by atoms with van der Waals surface area (Å²) >= 11 is 0. The van der Waals surface area contributed by atoms with Gasteiger partial charge in [-0.1, -0.05) is 0 Å². The second-order valence-electron chi connectivity index (χ2n) is 9.09. The predicted octanol–water partition coefficient (Wildman–Crippen LogP) is 4.52. The second-order valence-corrected chi connectivity index (χ2v) is 9.09. The van der Waals surface area contributed by atoms with E-state index in [9.17, 15) is 22.4 Å². The fourth-order valence-electron chi connectivity index (χ4n) is 5.54. The molecule has 2 bridgehead atoms. The summed E-state index contributed by atoms with van der Waals surface area (Å²) in [6, 6.07) is 5.17.